The molecule has 0 bridgehead atoms. The third-order valence-electron chi connectivity index (χ3n) is 6.80. The number of rotatable bonds is 9. The Morgan fingerprint density at radius 1 is 1.03 bits per heavy atom. The van der Waals surface area contributed by atoms with E-state index in [2.05, 4.69) is 20.1 Å². The maximum atomic E-state index is 11.6. The summed E-state index contributed by atoms with van der Waals surface area (Å²) in [6.45, 7) is 4.94. The fraction of sp³-hybridized carbons (Fsp3) is 0.333. The van der Waals surface area contributed by atoms with Gasteiger partial charge in [-0.15, -0.1) is 0 Å². The average molecular weight is 537 g/mol. The molecule has 3 aromatic rings. The van der Waals surface area contributed by atoms with Crippen LogP contribution >= 0.6 is 12.2 Å². The average Bonchev–Trinajstić information content (AvgIpc) is 3.54. The van der Waals surface area contributed by atoms with E-state index in [0.717, 1.165) is 51.0 Å². The highest BCUT2D eigenvalue weighted by Crippen LogP contribution is 2.40. The number of benzene rings is 1. The number of aromatic carboxylic acids is 2. The van der Waals surface area contributed by atoms with E-state index in [9.17, 15) is 19.8 Å². The van der Waals surface area contributed by atoms with Crippen LogP contribution in [0.15, 0.2) is 59.1 Å². The molecular formula is C27H28N4O6S. The molecule has 2 aromatic heterocycles. The van der Waals surface area contributed by atoms with Crippen LogP contribution < -0.4 is 5.32 Å². The van der Waals surface area contributed by atoms with Crippen LogP contribution in [0.1, 0.15) is 50.7 Å². The topological polar surface area (TPSA) is 128 Å². The van der Waals surface area contributed by atoms with E-state index >= 15 is 0 Å². The quantitative estimate of drug-likeness (QED) is 0.348. The first kappa shape index (κ1) is 25.8. The molecule has 2 aliphatic rings. The largest absolute Gasteiger partial charge is 0.478 e. The molecule has 2 aliphatic heterocycles. The number of hydrogen-bond acceptors (Lipinski definition) is 7. The number of carboxylic acids is 2. The molecule has 4 heterocycles. The number of carbonyl (C=O) groups is 2. The van der Waals surface area contributed by atoms with E-state index in [1.807, 2.05) is 24.3 Å². The van der Waals surface area contributed by atoms with E-state index in [1.54, 1.807) is 12.3 Å². The second-order valence-electron chi connectivity index (χ2n) is 9.24. The molecule has 198 valence electrons. The van der Waals surface area contributed by atoms with Crippen molar-refractivity contribution in [2.75, 3.05) is 39.4 Å². The van der Waals surface area contributed by atoms with Crippen molar-refractivity contribution >= 4 is 29.3 Å². The van der Waals surface area contributed by atoms with Crippen LogP contribution in [0.4, 0.5) is 0 Å². The van der Waals surface area contributed by atoms with Crippen molar-refractivity contribution in [1.29, 1.82) is 0 Å². The molecular weight excluding hydrogens is 508 g/mol. The van der Waals surface area contributed by atoms with Crippen LogP contribution in [0.25, 0.3) is 11.3 Å². The lowest BCUT2D eigenvalue weighted by molar-refractivity contribution is 0.0365. The predicted molar refractivity (Wildman–Crippen MR) is 142 cm³/mol. The van der Waals surface area contributed by atoms with Gasteiger partial charge in [-0.2, -0.15) is 0 Å². The Balaban J connectivity index is 1.44. The van der Waals surface area contributed by atoms with Gasteiger partial charge in [0.1, 0.15) is 17.6 Å². The minimum Gasteiger partial charge on any atom is -0.478 e. The fourth-order valence-corrected chi connectivity index (χ4v) is 5.26. The van der Waals surface area contributed by atoms with Crippen LogP contribution in [-0.2, 0) is 4.74 Å². The SMILES string of the molecule is O=C(O)c1cc(C(=O)O)cc(-c2ccc(C3C(c4ccccn4)NC(=S)N3CCCN3CCOCC3)o2)c1. The zero-order valence-electron chi connectivity index (χ0n) is 20.6. The third-order valence-corrected chi connectivity index (χ3v) is 7.16. The van der Waals surface area contributed by atoms with Crippen molar-refractivity contribution in [2.45, 2.75) is 18.5 Å². The monoisotopic (exact) mass is 536 g/mol. The van der Waals surface area contributed by atoms with E-state index in [0.29, 0.717) is 28.7 Å². The summed E-state index contributed by atoms with van der Waals surface area (Å²) in [5.74, 6) is -1.44. The smallest absolute Gasteiger partial charge is 0.335 e. The van der Waals surface area contributed by atoms with Crippen LogP contribution in [0.5, 0.6) is 0 Å². The lowest BCUT2D eigenvalue weighted by atomic mass is 10.0. The van der Waals surface area contributed by atoms with Gasteiger partial charge in [0.15, 0.2) is 5.11 Å². The molecule has 0 spiro atoms. The van der Waals surface area contributed by atoms with Crippen molar-refractivity contribution in [2.24, 2.45) is 0 Å². The number of nitrogens with zero attached hydrogens (tertiary/aromatic N) is 3. The molecule has 38 heavy (non-hydrogen) atoms. The highest BCUT2D eigenvalue weighted by molar-refractivity contribution is 7.80. The summed E-state index contributed by atoms with van der Waals surface area (Å²) in [4.78, 5) is 32.2. The first-order chi connectivity index (χ1) is 18.4. The Bertz CT molecular complexity index is 1290. The Labute approximate surface area is 224 Å². The number of hydrogen-bond donors (Lipinski definition) is 3. The van der Waals surface area contributed by atoms with Crippen molar-refractivity contribution in [1.82, 2.24) is 20.1 Å². The number of pyridine rings is 1. The number of furan rings is 1. The molecule has 0 saturated carbocycles. The van der Waals surface area contributed by atoms with Crippen molar-refractivity contribution in [3.05, 3.63) is 77.3 Å². The van der Waals surface area contributed by atoms with Gasteiger partial charge in [-0.25, -0.2) is 9.59 Å². The van der Waals surface area contributed by atoms with Gasteiger partial charge in [0.2, 0.25) is 0 Å². The molecule has 0 amide bonds. The molecule has 0 aliphatic carbocycles. The number of ether oxygens (including phenoxy) is 1. The first-order valence-corrected chi connectivity index (χ1v) is 12.8. The minimum atomic E-state index is -1.21. The summed E-state index contributed by atoms with van der Waals surface area (Å²) in [5, 5.41) is 22.9. The van der Waals surface area contributed by atoms with Crippen molar-refractivity contribution in [3.63, 3.8) is 0 Å². The Morgan fingerprint density at radius 3 is 2.42 bits per heavy atom. The number of aromatic nitrogens is 1. The van der Waals surface area contributed by atoms with Crippen LogP contribution in [0.3, 0.4) is 0 Å². The zero-order chi connectivity index (χ0) is 26.6. The van der Waals surface area contributed by atoms with Gasteiger partial charge in [-0.05, 0) is 61.1 Å². The molecule has 2 unspecified atom stereocenters. The summed E-state index contributed by atoms with van der Waals surface area (Å²) < 4.78 is 11.7. The Kier molecular flexibility index (Phi) is 7.68. The van der Waals surface area contributed by atoms with Gasteiger partial charge in [-0.3, -0.25) is 9.88 Å². The minimum absolute atomic E-state index is 0.127. The molecule has 5 rings (SSSR count). The van der Waals surface area contributed by atoms with Gasteiger partial charge < -0.3 is 29.6 Å². The lowest BCUT2D eigenvalue weighted by Gasteiger charge is -2.29. The maximum Gasteiger partial charge on any atom is 0.335 e. The van der Waals surface area contributed by atoms with E-state index in [4.69, 9.17) is 21.4 Å². The Hall–Kier alpha value is -3.80. The number of nitrogens with one attached hydrogen (secondary N) is 1. The fourth-order valence-electron chi connectivity index (χ4n) is 4.93. The van der Waals surface area contributed by atoms with Gasteiger partial charge >= 0.3 is 11.9 Å². The van der Waals surface area contributed by atoms with Gasteiger partial charge in [0, 0.05) is 37.9 Å². The number of carboxylic acid groups (broad SMARTS) is 2. The molecule has 11 heteroatoms. The molecule has 1 aromatic carbocycles. The molecule has 2 atom stereocenters. The standard InChI is InChI=1S/C27H28N4O6S/c32-25(33)18-14-17(15-19(16-18)26(34)35)21-5-6-22(37-21)24-23(20-4-1-2-7-28-20)29-27(38)31(24)9-3-8-30-10-12-36-13-11-30/h1-2,4-7,14-16,23-24H,3,8-13H2,(H,29,38)(H,32,33)(H,34,35). The van der Waals surface area contributed by atoms with Crippen LogP contribution in [0.2, 0.25) is 0 Å². The second-order valence-corrected chi connectivity index (χ2v) is 9.63. The highest BCUT2D eigenvalue weighted by Gasteiger charge is 2.41. The van der Waals surface area contributed by atoms with Crippen LogP contribution in [0, 0.1) is 0 Å². The van der Waals surface area contributed by atoms with Gasteiger partial charge in [-0.1, -0.05) is 6.07 Å². The normalized spacial score (nSPS) is 19.9. The number of thiocarbonyl (C=S) groups is 1. The molecule has 0 radical (unpaired) electrons. The number of morpholine rings is 1. The van der Waals surface area contributed by atoms with Gasteiger partial charge in [0.25, 0.3) is 0 Å². The maximum absolute atomic E-state index is 11.6. The van der Waals surface area contributed by atoms with Crippen molar-refractivity contribution < 1.29 is 29.0 Å². The summed E-state index contributed by atoms with van der Waals surface area (Å²) in [6.07, 6.45) is 2.63. The predicted octanol–water partition coefficient (Wildman–Crippen LogP) is 3.43. The molecule has 2 saturated heterocycles. The summed E-state index contributed by atoms with van der Waals surface area (Å²) in [5.41, 5.74) is 0.931. The van der Waals surface area contributed by atoms with Crippen LogP contribution in [-0.4, -0.2) is 81.4 Å². The van der Waals surface area contributed by atoms with Gasteiger partial charge in [0.05, 0.1) is 36.1 Å². The third kappa shape index (κ3) is 5.54. The van der Waals surface area contributed by atoms with E-state index < -0.39 is 11.9 Å². The Morgan fingerprint density at radius 2 is 1.76 bits per heavy atom. The van der Waals surface area contributed by atoms with Crippen molar-refractivity contribution in [3.8, 4) is 11.3 Å². The first-order valence-electron chi connectivity index (χ1n) is 12.4. The lowest BCUT2D eigenvalue weighted by Crippen LogP contribution is -2.38. The molecule has 2 fully saturated rings. The van der Waals surface area contributed by atoms with E-state index in [1.165, 1.54) is 12.1 Å². The molecule has 3 N–H and O–H groups in total. The summed E-state index contributed by atoms with van der Waals surface area (Å²) in [6, 6.07) is 12.7. The second kappa shape index (κ2) is 11.3. The van der Waals surface area contributed by atoms with E-state index in [-0.39, 0.29) is 23.2 Å². The molecule has 10 nitrogen and oxygen atoms in total. The summed E-state index contributed by atoms with van der Waals surface area (Å²) >= 11 is 5.74. The highest BCUT2D eigenvalue weighted by atomic mass is 32.1. The zero-order valence-corrected chi connectivity index (χ0v) is 21.4. The summed E-state index contributed by atoms with van der Waals surface area (Å²) in [7, 11) is 0.